The van der Waals surface area contributed by atoms with Crippen LogP contribution in [0.25, 0.3) is 0 Å². The van der Waals surface area contributed by atoms with Crippen LogP contribution >= 0.6 is 31.9 Å². The molecule has 1 aliphatic heterocycles. The Labute approximate surface area is 131 Å². The van der Waals surface area contributed by atoms with Crippen molar-refractivity contribution in [1.82, 2.24) is 10.2 Å². The van der Waals surface area contributed by atoms with Gasteiger partial charge in [-0.05, 0) is 67.0 Å². The summed E-state index contributed by atoms with van der Waals surface area (Å²) in [5.74, 6) is -0.0228. The molecule has 2 rings (SSSR count). The van der Waals surface area contributed by atoms with Crippen LogP contribution in [0.1, 0.15) is 30.1 Å². The monoisotopic (exact) mass is 388 g/mol. The van der Waals surface area contributed by atoms with E-state index < -0.39 is 0 Å². The van der Waals surface area contributed by atoms with Gasteiger partial charge in [0, 0.05) is 21.5 Å². The molecule has 5 heteroatoms. The van der Waals surface area contributed by atoms with Gasteiger partial charge in [-0.15, -0.1) is 0 Å². The van der Waals surface area contributed by atoms with Crippen molar-refractivity contribution in [3.8, 4) is 0 Å². The van der Waals surface area contributed by atoms with Crippen molar-refractivity contribution in [3.63, 3.8) is 0 Å². The standard InChI is InChI=1S/C14H18Br2N2O/c1-10(18-6-2-3-7-18)9-17-14(19)12-5-4-11(15)8-13(12)16/h4-5,8,10H,2-3,6-7,9H2,1H3,(H,17,19). The summed E-state index contributed by atoms with van der Waals surface area (Å²) in [6, 6.07) is 5.99. The van der Waals surface area contributed by atoms with E-state index in [9.17, 15) is 4.79 Å². The minimum absolute atomic E-state index is 0.0228. The Kier molecular flexibility index (Phi) is 5.42. The van der Waals surface area contributed by atoms with Crippen LogP contribution in [0.5, 0.6) is 0 Å². The van der Waals surface area contributed by atoms with Gasteiger partial charge in [0.15, 0.2) is 0 Å². The highest BCUT2D eigenvalue weighted by atomic mass is 79.9. The molecule has 1 fully saturated rings. The van der Waals surface area contributed by atoms with Gasteiger partial charge >= 0.3 is 0 Å². The number of benzene rings is 1. The summed E-state index contributed by atoms with van der Waals surface area (Å²) in [6.45, 7) is 5.17. The molecule has 19 heavy (non-hydrogen) atoms. The van der Waals surface area contributed by atoms with E-state index in [0.29, 0.717) is 18.2 Å². The van der Waals surface area contributed by atoms with Gasteiger partial charge in [-0.25, -0.2) is 0 Å². The van der Waals surface area contributed by atoms with Gasteiger partial charge in [-0.2, -0.15) is 0 Å². The molecule has 1 unspecified atom stereocenters. The van der Waals surface area contributed by atoms with E-state index in [2.05, 4.69) is 49.0 Å². The van der Waals surface area contributed by atoms with Crippen LogP contribution < -0.4 is 5.32 Å². The maximum Gasteiger partial charge on any atom is 0.252 e. The Balaban J connectivity index is 1.90. The molecule has 0 radical (unpaired) electrons. The van der Waals surface area contributed by atoms with E-state index in [4.69, 9.17) is 0 Å². The number of carbonyl (C=O) groups excluding carboxylic acids is 1. The van der Waals surface area contributed by atoms with E-state index in [0.717, 1.165) is 22.0 Å². The Morgan fingerprint density at radius 3 is 2.68 bits per heavy atom. The topological polar surface area (TPSA) is 32.3 Å². The first kappa shape index (κ1) is 15.0. The number of carbonyl (C=O) groups is 1. The van der Waals surface area contributed by atoms with Gasteiger partial charge in [0.1, 0.15) is 0 Å². The average molecular weight is 390 g/mol. The fourth-order valence-corrected chi connectivity index (χ4v) is 3.55. The minimum atomic E-state index is -0.0228. The maximum absolute atomic E-state index is 12.1. The van der Waals surface area contributed by atoms with Crippen LogP contribution in [0.2, 0.25) is 0 Å². The third-order valence-corrected chi connectivity index (χ3v) is 4.65. The number of likely N-dealkylation sites (tertiary alicyclic amines) is 1. The summed E-state index contributed by atoms with van der Waals surface area (Å²) < 4.78 is 1.77. The summed E-state index contributed by atoms with van der Waals surface area (Å²) >= 11 is 6.80. The van der Waals surface area contributed by atoms with Gasteiger partial charge in [-0.3, -0.25) is 9.69 Å². The van der Waals surface area contributed by atoms with Crippen molar-refractivity contribution in [1.29, 1.82) is 0 Å². The third kappa shape index (κ3) is 4.04. The van der Waals surface area contributed by atoms with Gasteiger partial charge in [-0.1, -0.05) is 15.9 Å². The van der Waals surface area contributed by atoms with Crippen molar-refractivity contribution in [2.75, 3.05) is 19.6 Å². The number of halogens is 2. The van der Waals surface area contributed by atoms with Gasteiger partial charge in [0.25, 0.3) is 5.91 Å². The van der Waals surface area contributed by atoms with Crippen LogP contribution in [0.4, 0.5) is 0 Å². The number of rotatable bonds is 4. The number of nitrogens with one attached hydrogen (secondary N) is 1. The molecule has 104 valence electrons. The second kappa shape index (κ2) is 6.86. The van der Waals surface area contributed by atoms with E-state index in [1.54, 1.807) is 0 Å². The summed E-state index contributed by atoms with van der Waals surface area (Å²) in [5, 5.41) is 3.01. The summed E-state index contributed by atoms with van der Waals surface area (Å²) in [6.07, 6.45) is 2.55. The minimum Gasteiger partial charge on any atom is -0.350 e. The molecule has 1 atom stereocenters. The smallest absolute Gasteiger partial charge is 0.252 e. The second-order valence-electron chi connectivity index (χ2n) is 4.93. The molecule has 1 amide bonds. The lowest BCUT2D eigenvalue weighted by Crippen LogP contribution is -2.40. The van der Waals surface area contributed by atoms with Crippen molar-refractivity contribution < 1.29 is 4.79 Å². The van der Waals surface area contributed by atoms with E-state index in [1.165, 1.54) is 12.8 Å². The van der Waals surface area contributed by atoms with E-state index >= 15 is 0 Å². The summed E-state index contributed by atoms with van der Waals surface area (Å²) in [5.41, 5.74) is 0.678. The lowest BCUT2D eigenvalue weighted by Gasteiger charge is -2.23. The molecule has 1 aromatic rings. The molecule has 0 saturated carbocycles. The highest BCUT2D eigenvalue weighted by molar-refractivity contribution is 9.11. The first-order chi connectivity index (χ1) is 9.08. The number of amides is 1. The lowest BCUT2D eigenvalue weighted by molar-refractivity contribution is 0.0939. The first-order valence-corrected chi connectivity index (χ1v) is 8.14. The van der Waals surface area contributed by atoms with Crippen molar-refractivity contribution in [2.24, 2.45) is 0 Å². The van der Waals surface area contributed by atoms with Gasteiger partial charge in [0.2, 0.25) is 0 Å². The predicted octanol–water partition coefficient (Wildman–Crippen LogP) is 3.43. The third-order valence-electron chi connectivity index (χ3n) is 3.50. The molecular formula is C14H18Br2N2O. The first-order valence-electron chi connectivity index (χ1n) is 6.55. The zero-order valence-electron chi connectivity index (χ0n) is 11.0. The molecule has 0 aromatic heterocycles. The highest BCUT2D eigenvalue weighted by Crippen LogP contribution is 2.21. The molecule has 1 heterocycles. The molecule has 1 N–H and O–H groups in total. The molecule has 1 aliphatic rings. The lowest BCUT2D eigenvalue weighted by atomic mass is 10.2. The largest absolute Gasteiger partial charge is 0.350 e. The predicted molar refractivity (Wildman–Crippen MR) is 84.4 cm³/mol. The Morgan fingerprint density at radius 2 is 2.05 bits per heavy atom. The molecule has 3 nitrogen and oxygen atoms in total. The van der Waals surface area contributed by atoms with Crippen molar-refractivity contribution in [3.05, 3.63) is 32.7 Å². The summed E-state index contributed by atoms with van der Waals surface area (Å²) in [7, 11) is 0. The maximum atomic E-state index is 12.1. The van der Waals surface area contributed by atoms with Crippen LogP contribution in [-0.4, -0.2) is 36.5 Å². The quantitative estimate of drug-likeness (QED) is 0.855. The fourth-order valence-electron chi connectivity index (χ4n) is 2.32. The van der Waals surface area contributed by atoms with Crippen LogP contribution in [0, 0.1) is 0 Å². The van der Waals surface area contributed by atoms with Crippen molar-refractivity contribution in [2.45, 2.75) is 25.8 Å². The Hall–Kier alpha value is -0.390. The van der Waals surface area contributed by atoms with Crippen LogP contribution in [-0.2, 0) is 0 Å². The Bertz CT molecular complexity index is 459. The zero-order chi connectivity index (χ0) is 13.8. The zero-order valence-corrected chi connectivity index (χ0v) is 14.1. The second-order valence-corrected chi connectivity index (χ2v) is 6.70. The van der Waals surface area contributed by atoms with Gasteiger partial charge in [0.05, 0.1) is 5.56 Å². The molecule has 0 spiro atoms. The number of hydrogen-bond donors (Lipinski definition) is 1. The van der Waals surface area contributed by atoms with Crippen LogP contribution in [0.15, 0.2) is 27.1 Å². The fraction of sp³-hybridized carbons (Fsp3) is 0.500. The Morgan fingerprint density at radius 1 is 1.37 bits per heavy atom. The van der Waals surface area contributed by atoms with Gasteiger partial charge < -0.3 is 5.32 Å². The van der Waals surface area contributed by atoms with Crippen molar-refractivity contribution >= 4 is 37.8 Å². The normalized spacial score (nSPS) is 17.4. The molecule has 1 aromatic carbocycles. The molecule has 1 saturated heterocycles. The van der Waals surface area contributed by atoms with Crippen LogP contribution in [0.3, 0.4) is 0 Å². The SMILES string of the molecule is CC(CNC(=O)c1ccc(Br)cc1Br)N1CCCC1. The molecule has 0 bridgehead atoms. The summed E-state index contributed by atoms with van der Waals surface area (Å²) in [4.78, 5) is 14.5. The highest BCUT2D eigenvalue weighted by Gasteiger charge is 2.19. The molecular weight excluding hydrogens is 372 g/mol. The van der Waals surface area contributed by atoms with E-state index in [-0.39, 0.29) is 5.91 Å². The van der Waals surface area contributed by atoms with E-state index in [1.807, 2.05) is 18.2 Å². The molecule has 0 aliphatic carbocycles. The number of hydrogen-bond acceptors (Lipinski definition) is 2. The number of nitrogens with zero attached hydrogens (tertiary/aromatic N) is 1. The average Bonchev–Trinajstić information content (AvgIpc) is 2.89.